The van der Waals surface area contributed by atoms with E-state index in [0.717, 1.165) is 12.5 Å². The van der Waals surface area contributed by atoms with Gasteiger partial charge in [0.1, 0.15) is 11.8 Å². The van der Waals surface area contributed by atoms with E-state index in [4.69, 9.17) is 5.26 Å². The first kappa shape index (κ1) is 20.1. The standard InChI is InChI=1S/C15H17F3N4O3/c1-2-5-20-13(23)8-21-14(24)22-11-3-4-12(10(6-11)7-19)25-9-15(16,17)18/h3-4,6H,2,5,8-9H2,1H3,(H,20,23)(H2,21,22,24). The van der Waals surface area contributed by atoms with Gasteiger partial charge < -0.3 is 20.7 Å². The highest BCUT2D eigenvalue weighted by molar-refractivity contribution is 5.92. The summed E-state index contributed by atoms with van der Waals surface area (Å²) in [6, 6.07) is 4.59. The molecule has 1 aromatic carbocycles. The van der Waals surface area contributed by atoms with E-state index in [9.17, 15) is 22.8 Å². The highest BCUT2D eigenvalue weighted by Crippen LogP contribution is 2.24. The number of halogens is 3. The molecule has 0 radical (unpaired) electrons. The molecule has 10 heteroatoms. The molecule has 7 nitrogen and oxygen atoms in total. The molecule has 0 aliphatic rings. The predicted molar refractivity (Wildman–Crippen MR) is 83.0 cm³/mol. The quantitative estimate of drug-likeness (QED) is 0.695. The highest BCUT2D eigenvalue weighted by Gasteiger charge is 2.28. The number of hydrogen-bond acceptors (Lipinski definition) is 4. The molecule has 25 heavy (non-hydrogen) atoms. The molecule has 1 rings (SSSR count). The molecule has 0 aromatic heterocycles. The second-order valence-electron chi connectivity index (χ2n) is 4.88. The summed E-state index contributed by atoms with van der Waals surface area (Å²) in [6.07, 6.45) is -3.76. The number of benzene rings is 1. The van der Waals surface area contributed by atoms with Crippen molar-refractivity contribution in [3.8, 4) is 11.8 Å². The predicted octanol–water partition coefficient (Wildman–Crippen LogP) is 2.15. The van der Waals surface area contributed by atoms with Gasteiger partial charge in [0.05, 0.1) is 12.1 Å². The maximum absolute atomic E-state index is 12.2. The van der Waals surface area contributed by atoms with Crippen molar-refractivity contribution < 1.29 is 27.5 Å². The third-order valence-electron chi connectivity index (χ3n) is 2.73. The topological polar surface area (TPSA) is 103 Å². The van der Waals surface area contributed by atoms with Crippen LogP contribution in [-0.4, -0.2) is 37.8 Å². The van der Waals surface area contributed by atoms with Gasteiger partial charge in [-0.2, -0.15) is 18.4 Å². The molecule has 0 spiro atoms. The average Bonchev–Trinajstić information content (AvgIpc) is 2.56. The molecule has 0 atom stereocenters. The summed E-state index contributed by atoms with van der Waals surface area (Å²) >= 11 is 0. The molecule has 0 bridgehead atoms. The number of anilines is 1. The van der Waals surface area contributed by atoms with Crippen molar-refractivity contribution in [2.75, 3.05) is 25.0 Å². The van der Waals surface area contributed by atoms with Crippen molar-refractivity contribution in [3.63, 3.8) is 0 Å². The fourth-order valence-electron chi connectivity index (χ4n) is 1.64. The number of nitrogens with zero attached hydrogens (tertiary/aromatic N) is 1. The largest absolute Gasteiger partial charge is 0.483 e. The van der Waals surface area contributed by atoms with Gasteiger partial charge >= 0.3 is 12.2 Å². The molecule has 0 aliphatic carbocycles. The fraction of sp³-hybridized carbons (Fsp3) is 0.400. The molecule has 0 fully saturated rings. The summed E-state index contributed by atoms with van der Waals surface area (Å²) in [6.45, 7) is 0.619. The number of urea groups is 1. The number of nitrogens with one attached hydrogen (secondary N) is 3. The zero-order chi connectivity index (χ0) is 18.9. The van der Waals surface area contributed by atoms with E-state index in [1.165, 1.54) is 12.1 Å². The van der Waals surface area contributed by atoms with E-state index in [1.54, 1.807) is 6.07 Å². The van der Waals surface area contributed by atoms with Gasteiger partial charge in [-0.15, -0.1) is 0 Å². The van der Waals surface area contributed by atoms with E-state index < -0.39 is 18.8 Å². The van der Waals surface area contributed by atoms with Crippen molar-refractivity contribution >= 4 is 17.6 Å². The number of hydrogen-bond donors (Lipinski definition) is 3. The van der Waals surface area contributed by atoms with Crippen molar-refractivity contribution in [2.24, 2.45) is 0 Å². The highest BCUT2D eigenvalue weighted by atomic mass is 19.4. The number of ether oxygens (including phenoxy) is 1. The molecule has 0 unspecified atom stereocenters. The molecule has 0 saturated heterocycles. The number of nitriles is 1. The lowest BCUT2D eigenvalue weighted by Gasteiger charge is -2.12. The van der Waals surface area contributed by atoms with E-state index in [-0.39, 0.29) is 29.5 Å². The first-order valence-electron chi connectivity index (χ1n) is 7.30. The molecule has 0 heterocycles. The minimum atomic E-state index is -4.53. The number of alkyl halides is 3. The van der Waals surface area contributed by atoms with Crippen LogP contribution in [-0.2, 0) is 4.79 Å². The Labute approximate surface area is 142 Å². The Hall–Kier alpha value is -2.96. The Morgan fingerprint density at radius 1 is 1.28 bits per heavy atom. The van der Waals surface area contributed by atoms with Gasteiger partial charge in [-0.1, -0.05) is 6.92 Å². The Morgan fingerprint density at radius 3 is 2.60 bits per heavy atom. The van der Waals surface area contributed by atoms with Crippen molar-refractivity contribution in [1.29, 1.82) is 5.26 Å². The number of amides is 3. The SMILES string of the molecule is CCCNC(=O)CNC(=O)Nc1ccc(OCC(F)(F)F)c(C#N)c1. The number of carbonyl (C=O) groups excluding carboxylic acids is 2. The van der Waals surface area contributed by atoms with E-state index in [2.05, 4.69) is 20.7 Å². The maximum atomic E-state index is 12.2. The van der Waals surface area contributed by atoms with Crippen molar-refractivity contribution in [3.05, 3.63) is 23.8 Å². The van der Waals surface area contributed by atoms with Crippen LogP contribution in [0.5, 0.6) is 5.75 Å². The maximum Gasteiger partial charge on any atom is 0.422 e. The first-order valence-corrected chi connectivity index (χ1v) is 7.30. The van der Waals surface area contributed by atoms with Crippen LogP contribution in [0.25, 0.3) is 0 Å². The molecule has 0 aliphatic heterocycles. The second kappa shape index (κ2) is 9.36. The van der Waals surface area contributed by atoms with Crippen LogP contribution in [0, 0.1) is 11.3 Å². The summed E-state index contributed by atoms with van der Waals surface area (Å²) in [5.41, 5.74) is 0.00474. The molecule has 3 N–H and O–H groups in total. The molecule has 0 saturated carbocycles. The Balaban J connectivity index is 2.60. The third kappa shape index (κ3) is 7.92. The van der Waals surface area contributed by atoms with Crippen LogP contribution in [0.2, 0.25) is 0 Å². The average molecular weight is 358 g/mol. The van der Waals surface area contributed by atoms with E-state index in [1.807, 2.05) is 6.92 Å². The summed E-state index contributed by atoms with van der Waals surface area (Å²) in [5.74, 6) is -0.602. The van der Waals surface area contributed by atoms with Crippen LogP contribution in [0.4, 0.5) is 23.7 Å². The second-order valence-corrected chi connectivity index (χ2v) is 4.88. The third-order valence-corrected chi connectivity index (χ3v) is 2.73. The zero-order valence-corrected chi connectivity index (χ0v) is 13.4. The zero-order valence-electron chi connectivity index (χ0n) is 13.4. The Morgan fingerprint density at radius 2 is 2.00 bits per heavy atom. The summed E-state index contributed by atoms with van der Waals surface area (Å²) in [5, 5.41) is 16.2. The van der Waals surface area contributed by atoms with Gasteiger partial charge in [0.2, 0.25) is 5.91 Å². The monoisotopic (exact) mass is 358 g/mol. The van der Waals surface area contributed by atoms with Gasteiger partial charge in [-0.3, -0.25) is 4.79 Å². The number of carbonyl (C=O) groups is 2. The van der Waals surface area contributed by atoms with Crippen molar-refractivity contribution in [2.45, 2.75) is 19.5 Å². The lowest BCUT2D eigenvalue weighted by Crippen LogP contribution is -2.39. The normalized spacial score (nSPS) is 10.5. The van der Waals surface area contributed by atoms with Gasteiger partial charge in [-0.25, -0.2) is 4.79 Å². The molecular weight excluding hydrogens is 341 g/mol. The van der Waals surface area contributed by atoms with Gasteiger partial charge in [0, 0.05) is 12.2 Å². The minimum Gasteiger partial charge on any atom is -0.483 e. The summed E-state index contributed by atoms with van der Waals surface area (Å²) < 4.78 is 41.0. The Bertz CT molecular complexity index is 656. The van der Waals surface area contributed by atoms with Crippen LogP contribution >= 0.6 is 0 Å². The van der Waals surface area contributed by atoms with Crippen LogP contribution in [0.3, 0.4) is 0 Å². The van der Waals surface area contributed by atoms with Crippen molar-refractivity contribution in [1.82, 2.24) is 10.6 Å². The lowest BCUT2D eigenvalue weighted by molar-refractivity contribution is -0.153. The molecular formula is C15H17F3N4O3. The van der Waals surface area contributed by atoms with Gasteiger partial charge in [0.15, 0.2) is 6.61 Å². The lowest BCUT2D eigenvalue weighted by atomic mass is 10.2. The fourth-order valence-corrected chi connectivity index (χ4v) is 1.64. The van der Waals surface area contributed by atoms with Crippen LogP contribution in [0.1, 0.15) is 18.9 Å². The molecule has 3 amide bonds. The molecule has 136 valence electrons. The summed E-state index contributed by atoms with van der Waals surface area (Å²) in [4.78, 5) is 23.0. The van der Waals surface area contributed by atoms with Crippen LogP contribution in [0.15, 0.2) is 18.2 Å². The Kier molecular flexibility index (Phi) is 7.52. The van der Waals surface area contributed by atoms with Gasteiger partial charge in [-0.05, 0) is 24.6 Å². The van der Waals surface area contributed by atoms with Crippen LogP contribution < -0.4 is 20.7 Å². The minimum absolute atomic E-state index is 0.164. The van der Waals surface area contributed by atoms with E-state index >= 15 is 0 Å². The van der Waals surface area contributed by atoms with E-state index in [0.29, 0.717) is 6.54 Å². The van der Waals surface area contributed by atoms with Gasteiger partial charge in [0.25, 0.3) is 0 Å². The first-order chi connectivity index (χ1) is 11.7. The molecule has 1 aromatic rings. The smallest absolute Gasteiger partial charge is 0.422 e. The number of rotatable bonds is 7. The summed E-state index contributed by atoms with van der Waals surface area (Å²) in [7, 11) is 0.